The molecule has 0 aliphatic rings. The van der Waals surface area contributed by atoms with E-state index in [0.717, 1.165) is 22.2 Å². The van der Waals surface area contributed by atoms with Crippen LogP contribution in [-0.4, -0.2) is 16.6 Å². The van der Waals surface area contributed by atoms with Gasteiger partial charge in [0.15, 0.2) is 5.78 Å². The highest BCUT2D eigenvalue weighted by molar-refractivity contribution is 6.29. The summed E-state index contributed by atoms with van der Waals surface area (Å²) in [7, 11) is 0. The van der Waals surface area contributed by atoms with E-state index in [0.29, 0.717) is 0 Å². The van der Waals surface area contributed by atoms with E-state index >= 15 is 0 Å². The van der Waals surface area contributed by atoms with Crippen molar-refractivity contribution in [1.82, 2.24) is 4.98 Å². The van der Waals surface area contributed by atoms with E-state index in [1.165, 1.54) is 6.08 Å². The number of hydrogen-bond acceptors (Lipinski definition) is 1. The number of rotatable bonds is 3. The number of carbonyl (C=O) groups is 1. The van der Waals surface area contributed by atoms with E-state index in [1.54, 1.807) is 0 Å². The van der Waals surface area contributed by atoms with E-state index in [9.17, 15) is 4.79 Å². The molecule has 0 saturated carbocycles. The standard InChI is InChI=1S/C13H12ClNO/c1-9-11(7-6-10(16)8-14)12-4-2-3-5-13(12)15-9/h2-7,15H,8H2,1H3. The third-order valence-corrected chi connectivity index (χ3v) is 2.77. The third kappa shape index (κ3) is 2.02. The number of alkyl halides is 1. The molecule has 0 aliphatic carbocycles. The summed E-state index contributed by atoms with van der Waals surface area (Å²) in [4.78, 5) is 14.4. The van der Waals surface area contributed by atoms with Crippen molar-refractivity contribution in [2.24, 2.45) is 0 Å². The number of H-pyrrole nitrogens is 1. The van der Waals surface area contributed by atoms with Crippen molar-refractivity contribution in [3.8, 4) is 0 Å². The molecule has 0 saturated heterocycles. The number of aromatic nitrogens is 1. The first-order valence-corrected chi connectivity index (χ1v) is 5.60. The smallest absolute Gasteiger partial charge is 0.170 e. The SMILES string of the molecule is Cc1[nH]c2ccccc2c1C=CC(=O)CCl. The van der Waals surface area contributed by atoms with E-state index < -0.39 is 0 Å². The van der Waals surface area contributed by atoms with Crippen molar-refractivity contribution < 1.29 is 4.79 Å². The number of nitrogens with one attached hydrogen (secondary N) is 1. The maximum absolute atomic E-state index is 11.1. The molecule has 1 heterocycles. The average molecular weight is 234 g/mol. The van der Waals surface area contributed by atoms with E-state index in [2.05, 4.69) is 4.98 Å². The Balaban J connectivity index is 2.47. The molecule has 16 heavy (non-hydrogen) atoms. The fourth-order valence-electron chi connectivity index (χ4n) is 1.73. The maximum atomic E-state index is 11.1. The molecule has 3 heteroatoms. The molecule has 2 aromatic rings. The quantitative estimate of drug-likeness (QED) is 0.640. The minimum atomic E-state index is -0.0775. The number of allylic oxidation sites excluding steroid dienone is 1. The Hall–Kier alpha value is -1.54. The van der Waals surface area contributed by atoms with Gasteiger partial charge in [0.25, 0.3) is 0 Å². The zero-order valence-electron chi connectivity index (χ0n) is 8.96. The van der Waals surface area contributed by atoms with Crippen LogP contribution in [0.3, 0.4) is 0 Å². The Bertz CT molecular complexity index is 554. The number of benzene rings is 1. The van der Waals surface area contributed by atoms with Gasteiger partial charge in [0.05, 0.1) is 5.88 Å². The summed E-state index contributed by atoms with van der Waals surface area (Å²) in [6.07, 6.45) is 3.34. The van der Waals surface area contributed by atoms with E-state index in [4.69, 9.17) is 11.6 Å². The summed E-state index contributed by atoms with van der Waals surface area (Å²) in [5.74, 6) is -0.0518. The Morgan fingerprint density at radius 1 is 1.44 bits per heavy atom. The number of aryl methyl sites for hydroxylation is 1. The lowest BCUT2D eigenvalue weighted by Crippen LogP contribution is -1.91. The summed E-state index contributed by atoms with van der Waals surface area (Å²) < 4.78 is 0. The molecule has 0 aliphatic heterocycles. The molecular formula is C13H12ClNO. The molecule has 2 rings (SSSR count). The highest BCUT2D eigenvalue weighted by atomic mass is 35.5. The molecule has 0 unspecified atom stereocenters. The minimum absolute atomic E-state index is 0.0257. The predicted molar refractivity (Wildman–Crippen MR) is 67.8 cm³/mol. The summed E-state index contributed by atoms with van der Waals surface area (Å²) in [5, 5.41) is 1.12. The van der Waals surface area contributed by atoms with Crippen molar-refractivity contribution in [2.45, 2.75) is 6.92 Å². The van der Waals surface area contributed by atoms with Crippen LogP contribution in [0.25, 0.3) is 17.0 Å². The van der Waals surface area contributed by atoms with E-state index in [-0.39, 0.29) is 11.7 Å². The minimum Gasteiger partial charge on any atom is -0.358 e. The lowest BCUT2D eigenvalue weighted by atomic mass is 10.1. The highest BCUT2D eigenvalue weighted by Crippen LogP contribution is 2.22. The molecule has 0 atom stereocenters. The largest absolute Gasteiger partial charge is 0.358 e. The third-order valence-electron chi connectivity index (χ3n) is 2.51. The van der Waals surface area contributed by atoms with Gasteiger partial charge in [-0.25, -0.2) is 0 Å². The molecule has 0 amide bonds. The molecule has 82 valence electrons. The molecule has 0 fully saturated rings. The van der Waals surface area contributed by atoms with Crippen LogP contribution >= 0.6 is 11.6 Å². The Morgan fingerprint density at radius 2 is 2.19 bits per heavy atom. The van der Waals surface area contributed by atoms with E-state index in [1.807, 2.05) is 37.3 Å². The molecule has 2 nitrogen and oxygen atoms in total. The number of fused-ring (bicyclic) bond motifs is 1. The Morgan fingerprint density at radius 3 is 2.94 bits per heavy atom. The first kappa shape index (κ1) is 11.0. The highest BCUT2D eigenvalue weighted by Gasteiger charge is 2.04. The molecule has 1 aromatic carbocycles. The van der Waals surface area contributed by atoms with Crippen LogP contribution in [0.1, 0.15) is 11.3 Å². The van der Waals surface area contributed by atoms with Gasteiger partial charge < -0.3 is 4.98 Å². The summed E-state index contributed by atoms with van der Waals surface area (Å²) in [6, 6.07) is 8.01. The predicted octanol–water partition coefficient (Wildman–Crippen LogP) is 3.30. The summed E-state index contributed by atoms with van der Waals surface area (Å²) in [5.41, 5.74) is 3.19. The summed E-state index contributed by atoms with van der Waals surface area (Å²) in [6.45, 7) is 1.99. The van der Waals surface area contributed by atoms with Crippen molar-refractivity contribution in [1.29, 1.82) is 0 Å². The topological polar surface area (TPSA) is 32.9 Å². The fourth-order valence-corrected chi connectivity index (χ4v) is 1.82. The van der Waals surface area contributed by atoms with Crippen molar-refractivity contribution >= 4 is 34.4 Å². The van der Waals surface area contributed by atoms with Crippen LogP contribution < -0.4 is 0 Å². The van der Waals surface area contributed by atoms with Gasteiger partial charge in [0.1, 0.15) is 0 Å². The fraction of sp³-hybridized carbons (Fsp3) is 0.154. The van der Waals surface area contributed by atoms with Gasteiger partial charge in [-0.2, -0.15) is 0 Å². The first-order valence-electron chi connectivity index (χ1n) is 5.06. The molecule has 0 bridgehead atoms. The second-order valence-electron chi connectivity index (χ2n) is 3.64. The second-order valence-corrected chi connectivity index (χ2v) is 3.91. The van der Waals surface area contributed by atoms with Crippen LogP contribution in [0, 0.1) is 6.92 Å². The average Bonchev–Trinajstić information content (AvgIpc) is 2.62. The van der Waals surface area contributed by atoms with Crippen LogP contribution in [-0.2, 0) is 4.79 Å². The van der Waals surface area contributed by atoms with Gasteiger partial charge in [-0.3, -0.25) is 4.79 Å². The number of ketones is 1. The zero-order valence-corrected chi connectivity index (χ0v) is 9.71. The lowest BCUT2D eigenvalue weighted by molar-refractivity contribution is -0.112. The number of halogens is 1. The zero-order chi connectivity index (χ0) is 11.5. The number of aromatic amines is 1. The van der Waals surface area contributed by atoms with Gasteiger partial charge >= 0.3 is 0 Å². The van der Waals surface area contributed by atoms with Crippen molar-refractivity contribution in [3.05, 3.63) is 41.6 Å². The summed E-state index contributed by atoms with van der Waals surface area (Å²) >= 11 is 5.44. The van der Waals surface area contributed by atoms with Crippen LogP contribution in [0.4, 0.5) is 0 Å². The monoisotopic (exact) mass is 233 g/mol. The Labute approximate surface area is 98.9 Å². The van der Waals surface area contributed by atoms with Gasteiger partial charge in [-0.05, 0) is 25.1 Å². The molecule has 1 aromatic heterocycles. The lowest BCUT2D eigenvalue weighted by Gasteiger charge is -1.92. The van der Waals surface area contributed by atoms with Gasteiger partial charge in [0, 0.05) is 22.2 Å². The first-order chi connectivity index (χ1) is 7.72. The van der Waals surface area contributed by atoms with Gasteiger partial charge in [-0.15, -0.1) is 11.6 Å². The van der Waals surface area contributed by atoms with Crippen molar-refractivity contribution in [2.75, 3.05) is 5.88 Å². The number of hydrogen-bond donors (Lipinski definition) is 1. The van der Waals surface area contributed by atoms with Crippen molar-refractivity contribution in [3.63, 3.8) is 0 Å². The van der Waals surface area contributed by atoms with Crippen LogP contribution in [0.15, 0.2) is 30.3 Å². The van der Waals surface area contributed by atoms with Gasteiger partial charge in [-0.1, -0.05) is 18.2 Å². The maximum Gasteiger partial charge on any atom is 0.170 e. The Kier molecular flexibility index (Phi) is 3.11. The number of carbonyl (C=O) groups excluding carboxylic acids is 1. The second kappa shape index (κ2) is 4.54. The van der Waals surface area contributed by atoms with Gasteiger partial charge in [0.2, 0.25) is 0 Å². The molecule has 0 spiro atoms. The van der Waals surface area contributed by atoms with Crippen LogP contribution in [0.2, 0.25) is 0 Å². The normalized spacial score (nSPS) is 11.4. The van der Waals surface area contributed by atoms with Crippen LogP contribution in [0.5, 0.6) is 0 Å². The molecular weight excluding hydrogens is 222 g/mol. The molecule has 1 N–H and O–H groups in total. The molecule has 0 radical (unpaired) electrons. The number of para-hydroxylation sites is 1.